The number of ketones is 1. The van der Waals surface area contributed by atoms with E-state index in [0.717, 1.165) is 22.4 Å². The molecule has 0 aliphatic heterocycles. The number of aromatic nitrogens is 6. The summed E-state index contributed by atoms with van der Waals surface area (Å²) in [5, 5.41) is 12.7. The Kier molecular flexibility index (Phi) is 7.14. The smallest absolute Gasteiger partial charge is 0.191 e. The van der Waals surface area contributed by atoms with Crippen LogP contribution in [0.5, 0.6) is 0 Å². The van der Waals surface area contributed by atoms with Gasteiger partial charge in [0, 0.05) is 25.8 Å². The van der Waals surface area contributed by atoms with Crippen molar-refractivity contribution in [2.24, 2.45) is 12.5 Å². The molecule has 3 aromatic heterocycles. The number of nitrogens with zero attached hydrogens (tertiary/aromatic N) is 7. The Morgan fingerprint density at radius 1 is 1.26 bits per heavy atom. The van der Waals surface area contributed by atoms with E-state index in [1.165, 1.54) is 23.0 Å². The molecule has 6 rings (SSSR count). The maximum atomic E-state index is 14.5. The van der Waals surface area contributed by atoms with Gasteiger partial charge in [0.15, 0.2) is 10.8 Å². The van der Waals surface area contributed by atoms with Gasteiger partial charge >= 0.3 is 0 Å². The van der Waals surface area contributed by atoms with E-state index in [2.05, 4.69) is 26.3 Å². The average molecular weight is 592 g/mol. The van der Waals surface area contributed by atoms with Crippen LogP contribution >= 0.6 is 0 Å². The van der Waals surface area contributed by atoms with Crippen molar-refractivity contribution in [3.63, 3.8) is 0 Å². The lowest BCUT2D eigenvalue weighted by molar-refractivity contribution is 0.0737. The summed E-state index contributed by atoms with van der Waals surface area (Å²) in [5.41, 5.74) is 3.54. The van der Waals surface area contributed by atoms with Gasteiger partial charge in [0.2, 0.25) is 0 Å². The summed E-state index contributed by atoms with van der Waals surface area (Å²) in [7, 11) is -1.53. The van der Waals surface area contributed by atoms with Gasteiger partial charge in [-0.1, -0.05) is 10.8 Å². The predicted molar refractivity (Wildman–Crippen MR) is 156 cm³/mol. The Balaban J connectivity index is 1.45. The monoisotopic (exact) mass is 591 g/mol. The van der Waals surface area contributed by atoms with E-state index >= 15 is 0 Å². The van der Waals surface area contributed by atoms with Gasteiger partial charge in [0.1, 0.15) is 18.2 Å². The lowest BCUT2D eigenvalue weighted by Gasteiger charge is -2.47. The molecule has 0 bridgehead atoms. The second-order valence-electron chi connectivity index (χ2n) is 11.0. The summed E-state index contributed by atoms with van der Waals surface area (Å²) in [6, 6.07) is 9.28. The first-order valence-corrected chi connectivity index (χ1v) is 15.4. The highest BCUT2D eigenvalue weighted by atomic mass is 32.2. The molecule has 1 fully saturated rings. The number of hydrogen-bond donors (Lipinski definition) is 0. The van der Waals surface area contributed by atoms with Crippen molar-refractivity contribution in [1.29, 1.82) is 0 Å². The summed E-state index contributed by atoms with van der Waals surface area (Å²) < 4.78 is 46.5. The Bertz CT molecular complexity index is 1800. The summed E-state index contributed by atoms with van der Waals surface area (Å²) in [6.07, 6.45) is 8.57. The van der Waals surface area contributed by atoms with Gasteiger partial charge in [-0.25, -0.2) is 22.0 Å². The molecule has 0 spiro atoms. The lowest BCUT2D eigenvalue weighted by Crippen LogP contribution is -2.51. The average Bonchev–Trinajstić information content (AvgIpc) is 3.60. The minimum absolute atomic E-state index is 0.122. The van der Waals surface area contributed by atoms with Crippen LogP contribution in [0.25, 0.3) is 11.8 Å². The van der Waals surface area contributed by atoms with E-state index in [9.17, 15) is 17.8 Å². The van der Waals surface area contributed by atoms with Crippen LogP contribution in [0, 0.1) is 18.2 Å². The molecule has 4 aromatic rings. The van der Waals surface area contributed by atoms with Crippen LogP contribution in [0.2, 0.25) is 0 Å². The number of aryl methyl sites for hydroxylation is 2. The maximum absolute atomic E-state index is 14.5. The highest BCUT2D eigenvalue weighted by Gasteiger charge is 2.51. The Morgan fingerprint density at radius 3 is 2.74 bits per heavy atom. The molecule has 3 heterocycles. The van der Waals surface area contributed by atoms with Crippen LogP contribution in [-0.4, -0.2) is 69.2 Å². The van der Waals surface area contributed by atoms with Crippen LogP contribution in [0.15, 0.2) is 65.6 Å². The zero-order valence-electron chi connectivity index (χ0n) is 23.4. The second kappa shape index (κ2) is 10.7. The third-order valence-electron chi connectivity index (χ3n) is 8.29. The normalized spacial score (nSPS) is 21.4. The van der Waals surface area contributed by atoms with Crippen molar-refractivity contribution < 1.29 is 17.8 Å². The van der Waals surface area contributed by atoms with E-state index in [1.54, 1.807) is 46.6 Å². The van der Waals surface area contributed by atoms with Crippen molar-refractivity contribution in [3.8, 4) is 5.69 Å². The third-order valence-corrected chi connectivity index (χ3v) is 10.4. The summed E-state index contributed by atoms with van der Waals surface area (Å²) in [6.45, 7) is 1.05. The van der Waals surface area contributed by atoms with E-state index in [0.29, 0.717) is 37.1 Å². The fraction of sp³-hybridized carbons (Fsp3) is 0.333. The molecule has 3 atom stereocenters. The topological polar surface area (TPSA) is 98.8 Å². The number of allylic oxidation sites excluding steroid dienone is 1. The molecule has 0 amide bonds. The summed E-state index contributed by atoms with van der Waals surface area (Å²) in [5.74, 6) is 3.51. The molecular weight excluding hydrogens is 560 g/mol. The first-order chi connectivity index (χ1) is 20.1. The van der Waals surface area contributed by atoms with Gasteiger partial charge in [-0.05, 0) is 92.1 Å². The van der Waals surface area contributed by atoms with Crippen LogP contribution in [0.3, 0.4) is 0 Å². The fourth-order valence-corrected chi connectivity index (χ4v) is 8.02. The number of alkyl halides is 1. The molecule has 1 unspecified atom stereocenters. The molecule has 1 saturated carbocycles. The van der Waals surface area contributed by atoms with E-state index < -0.39 is 27.8 Å². The number of carbonyl (C=O) groups is 1. The molecule has 42 heavy (non-hydrogen) atoms. The molecular formula is C30H31F2N7O2S. The van der Waals surface area contributed by atoms with Gasteiger partial charge in [-0.15, -0.1) is 5.10 Å². The minimum atomic E-state index is -3.19. The van der Waals surface area contributed by atoms with Crippen molar-refractivity contribution in [1.82, 2.24) is 34.1 Å². The predicted octanol–water partition coefficient (Wildman–Crippen LogP) is 4.17. The zero-order chi connectivity index (χ0) is 29.6. The standard InChI is InChI=1S/C30H31F2N7O2S/c1-20-10-12-33-26(14-20)29(40)30-16-21-18-34-39(24-8-5-23(32)6-9-24)27(21)15-22(30)4-7-25(17-30)38(13-11-31)42(3,41)28-19-37(2)36-35-28/h5-6,8-10,12,14-15,18-19,25H,3-4,7,11,13,16-17H2,1-2H3/t25-,30-,42?/m0/s1. The van der Waals surface area contributed by atoms with Gasteiger partial charge in [0.25, 0.3) is 0 Å². The number of benzene rings is 1. The van der Waals surface area contributed by atoms with Crippen molar-refractivity contribution in [3.05, 3.63) is 88.9 Å². The molecule has 12 heteroatoms. The van der Waals surface area contributed by atoms with Gasteiger partial charge in [0.05, 0.1) is 38.9 Å². The van der Waals surface area contributed by atoms with E-state index in [1.807, 2.05) is 19.1 Å². The Labute approximate surface area is 243 Å². The fourth-order valence-electron chi connectivity index (χ4n) is 6.27. The molecule has 2 aliphatic rings. The Morgan fingerprint density at radius 2 is 2.05 bits per heavy atom. The summed E-state index contributed by atoms with van der Waals surface area (Å²) in [4.78, 5) is 18.9. The number of pyridine rings is 1. The number of Topliss-reactive ketones (excluding diaryl/α,β-unsaturated/α-hetero) is 1. The number of hydrogen-bond acceptors (Lipinski definition) is 6. The van der Waals surface area contributed by atoms with Crippen LogP contribution < -0.4 is 0 Å². The van der Waals surface area contributed by atoms with Gasteiger partial charge in [-0.2, -0.15) is 5.10 Å². The molecule has 9 nitrogen and oxygen atoms in total. The van der Waals surface area contributed by atoms with Crippen molar-refractivity contribution in [2.45, 2.75) is 43.7 Å². The van der Waals surface area contributed by atoms with E-state index in [-0.39, 0.29) is 23.2 Å². The first kappa shape index (κ1) is 28.1. The van der Waals surface area contributed by atoms with Crippen molar-refractivity contribution >= 4 is 27.4 Å². The third kappa shape index (κ3) is 4.78. The first-order valence-electron chi connectivity index (χ1n) is 13.7. The maximum Gasteiger partial charge on any atom is 0.191 e. The molecule has 218 valence electrons. The second-order valence-corrected chi connectivity index (χ2v) is 13.2. The summed E-state index contributed by atoms with van der Waals surface area (Å²) >= 11 is 0. The largest absolute Gasteiger partial charge is 0.291 e. The lowest BCUT2D eigenvalue weighted by atomic mass is 9.60. The van der Waals surface area contributed by atoms with Crippen molar-refractivity contribution in [2.75, 3.05) is 13.2 Å². The van der Waals surface area contributed by atoms with Crippen LogP contribution in [0.1, 0.15) is 46.6 Å². The van der Waals surface area contributed by atoms with E-state index in [4.69, 9.17) is 0 Å². The van der Waals surface area contributed by atoms with Gasteiger partial charge < -0.3 is 0 Å². The quantitative estimate of drug-likeness (QED) is 0.225. The number of fused-ring (bicyclic) bond motifs is 2. The van der Waals surface area contributed by atoms with Crippen LogP contribution in [0.4, 0.5) is 8.78 Å². The highest BCUT2D eigenvalue weighted by Crippen LogP contribution is 2.51. The minimum Gasteiger partial charge on any atom is -0.291 e. The molecule has 0 N–H and O–H groups in total. The number of carbonyl (C=O) groups excluding carboxylic acids is 1. The Hall–Kier alpha value is -4.03. The number of halogens is 2. The molecule has 0 radical (unpaired) electrons. The molecule has 2 aliphatic carbocycles. The molecule has 1 aromatic carbocycles. The van der Waals surface area contributed by atoms with Crippen LogP contribution in [-0.2, 0) is 23.2 Å². The zero-order valence-corrected chi connectivity index (χ0v) is 24.2. The van der Waals surface area contributed by atoms with Gasteiger partial charge in [-0.3, -0.25) is 14.5 Å². The highest BCUT2D eigenvalue weighted by molar-refractivity contribution is 7.98. The molecule has 0 saturated heterocycles. The number of rotatable bonds is 8. The SMILES string of the molecule is C=S(=O)(c1cn(C)nn1)N(CCF)[C@H]1CCC2=Cc3c(cnn3-c3ccc(F)cc3)C[C@]2(C(=O)c2cc(C)ccn2)C1.